The Morgan fingerprint density at radius 2 is 1.67 bits per heavy atom. The molecule has 0 aromatic rings. The molecule has 0 saturated heterocycles. The second-order valence-corrected chi connectivity index (χ2v) is 6.21. The van der Waals surface area contributed by atoms with Crippen molar-refractivity contribution in [3.63, 3.8) is 0 Å². The maximum atomic E-state index is 5.91. The highest BCUT2D eigenvalue weighted by molar-refractivity contribution is 5.33. The van der Waals surface area contributed by atoms with E-state index in [1.54, 1.807) is 11.1 Å². The molecule has 1 fully saturated rings. The molecule has 18 heavy (non-hydrogen) atoms. The lowest BCUT2D eigenvalue weighted by molar-refractivity contribution is -0.111. The fourth-order valence-electron chi connectivity index (χ4n) is 4.94. The average Bonchev–Trinajstić information content (AvgIpc) is 2.89. The highest BCUT2D eigenvalue weighted by atomic mass is 16.5. The fraction of sp³-hybridized carbons (Fsp3) is 0.875. The standard InChI is InChI=1S/C16H26O2/c1-17-14-8-3-4-11-16(14)13-7-5-6-12(13)9-10-15(16)18-2/h14-15H,3-11H2,1-2H3. The van der Waals surface area contributed by atoms with Gasteiger partial charge >= 0.3 is 0 Å². The molecule has 0 aliphatic heterocycles. The number of allylic oxidation sites excluding steroid dienone is 1. The molecule has 3 aliphatic rings. The van der Waals surface area contributed by atoms with Crippen molar-refractivity contribution < 1.29 is 9.47 Å². The molecule has 3 atom stereocenters. The molecule has 0 radical (unpaired) electrons. The zero-order valence-electron chi connectivity index (χ0n) is 11.8. The number of methoxy groups -OCH3 is 2. The summed E-state index contributed by atoms with van der Waals surface area (Å²) in [5.74, 6) is 0. The Hall–Kier alpha value is -0.340. The van der Waals surface area contributed by atoms with Crippen molar-refractivity contribution in [2.24, 2.45) is 5.41 Å². The summed E-state index contributed by atoms with van der Waals surface area (Å²) >= 11 is 0. The van der Waals surface area contributed by atoms with E-state index in [1.807, 2.05) is 14.2 Å². The maximum absolute atomic E-state index is 5.91. The van der Waals surface area contributed by atoms with E-state index in [0.717, 1.165) is 0 Å². The highest BCUT2D eigenvalue weighted by Gasteiger charge is 2.53. The van der Waals surface area contributed by atoms with E-state index < -0.39 is 0 Å². The minimum atomic E-state index is 0.228. The van der Waals surface area contributed by atoms with Crippen LogP contribution in [0, 0.1) is 5.41 Å². The fourth-order valence-corrected chi connectivity index (χ4v) is 4.94. The zero-order chi connectivity index (χ0) is 12.6. The Morgan fingerprint density at radius 1 is 0.889 bits per heavy atom. The topological polar surface area (TPSA) is 18.5 Å². The quantitative estimate of drug-likeness (QED) is 0.693. The first-order valence-corrected chi connectivity index (χ1v) is 7.60. The molecule has 0 bridgehead atoms. The van der Waals surface area contributed by atoms with Crippen LogP contribution in [0.2, 0.25) is 0 Å². The lowest BCUT2D eigenvalue weighted by Crippen LogP contribution is -2.51. The van der Waals surface area contributed by atoms with Gasteiger partial charge in [-0.05, 0) is 44.9 Å². The molecule has 0 N–H and O–H groups in total. The third kappa shape index (κ3) is 1.69. The van der Waals surface area contributed by atoms with E-state index in [4.69, 9.17) is 9.47 Å². The van der Waals surface area contributed by atoms with Crippen molar-refractivity contribution in [1.82, 2.24) is 0 Å². The summed E-state index contributed by atoms with van der Waals surface area (Å²) in [5, 5.41) is 0. The third-order valence-corrected chi connectivity index (χ3v) is 5.63. The van der Waals surface area contributed by atoms with Gasteiger partial charge in [-0.25, -0.2) is 0 Å². The zero-order valence-corrected chi connectivity index (χ0v) is 11.8. The van der Waals surface area contributed by atoms with Gasteiger partial charge in [0.05, 0.1) is 12.2 Å². The summed E-state index contributed by atoms with van der Waals surface area (Å²) in [5.41, 5.74) is 3.73. The van der Waals surface area contributed by atoms with Crippen LogP contribution < -0.4 is 0 Å². The van der Waals surface area contributed by atoms with Gasteiger partial charge in [-0.2, -0.15) is 0 Å². The number of rotatable bonds is 2. The van der Waals surface area contributed by atoms with Gasteiger partial charge in [0.25, 0.3) is 0 Å². The molecule has 1 spiro atoms. The molecular formula is C16H26O2. The average molecular weight is 250 g/mol. The molecule has 1 saturated carbocycles. The Labute approximate surface area is 111 Å². The molecule has 3 unspecified atom stereocenters. The van der Waals surface area contributed by atoms with Crippen LogP contribution in [0.4, 0.5) is 0 Å². The minimum absolute atomic E-state index is 0.228. The first-order chi connectivity index (χ1) is 8.82. The summed E-state index contributed by atoms with van der Waals surface area (Å²) < 4.78 is 11.8. The SMILES string of the molecule is COC1CCCCC12C1=C(CCC1)CCC2OC. The molecule has 0 heterocycles. The van der Waals surface area contributed by atoms with Crippen LogP contribution in [0.15, 0.2) is 11.1 Å². The second kappa shape index (κ2) is 4.97. The minimum Gasteiger partial charge on any atom is -0.380 e. The van der Waals surface area contributed by atoms with Gasteiger partial charge in [0.1, 0.15) is 0 Å². The summed E-state index contributed by atoms with van der Waals surface area (Å²) in [6.07, 6.45) is 12.4. The summed E-state index contributed by atoms with van der Waals surface area (Å²) in [7, 11) is 3.79. The smallest absolute Gasteiger partial charge is 0.0692 e. The first kappa shape index (κ1) is 12.7. The van der Waals surface area contributed by atoms with Crippen LogP contribution in [-0.2, 0) is 9.47 Å². The van der Waals surface area contributed by atoms with Crippen molar-refractivity contribution in [1.29, 1.82) is 0 Å². The van der Waals surface area contributed by atoms with E-state index in [9.17, 15) is 0 Å². The molecule has 0 aromatic heterocycles. The van der Waals surface area contributed by atoms with Crippen molar-refractivity contribution in [2.45, 2.75) is 70.0 Å². The lowest BCUT2D eigenvalue weighted by Gasteiger charge is -2.51. The van der Waals surface area contributed by atoms with Gasteiger partial charge in [0.2, 0.25) is 0 Å². The van der Waals surface area contributed by atoms with Crippen LogP contribution >= 0.6 is 0 Å². The van der Waals surface area contributed by atoms with Crippen LogP contribution in [-0.4, -0.2) is 26.4 Å². The largest absolute Gasteiger partial charge is 0.380 e. The summed E-state index contributed by atoms with van der Waals surface area (Å²) in [6.45, 7) is 0. The van der Waals surface area contributed by atoms with E-state index in [0.29, 0.717) is 12.2 Å². The Morgan fingerprint density at radius 3 is 2.44 bits per heavy atom. The predicted molar refractivity (Wildman–Crippen MR) is 72.6 cm³/mol. The molecule has 2 nitrogen and oxygen atoms in total. The number of hydrogen-bond donors (Lipinski definition) is 0. The van der Waals surface area contributed by atoms with Gasteiger partial charge in [-0.1, -0.05) is 24.0 Å². The van der Waals surface area contributed by atoms with Gasteiger partial charge in [0.15, 0.2) is 0 Å². The van der Waals surface area contributed by atoms with Crippen molar-refractivity contribution in [3.8, 4) is 0 Å². The Balaban J connectivity index is 2.03. The monoisotopic (exact) mass is 250 g/mol. The molecule has 3 rings (SSSR count). The molecule has 2 heteroatoms. The van der Waals surface area contributed by atoms with Crippen LogP contribution in [0.25, 0.3) is 0 Å². The molecule has 0 amide bonds. The van der Waals surface area contributed by atoms with Crippen molar-refractivity contribution in [2.75, 3.05) is 14.2 Å². The van der Waals surface area contributed by atoms with Crippen molar-refractivity contribution >= 4 is 0 Å². The lowest BCUT2D eigenvalue weighted by atomic mass is 9.59. The van der Waals surface area contributed by atoms with E-state index in [1.165, 1.54) is 57.8 Å². The third-order valence-electron chi connectivity index (χ3n) is 5.63. The van der Waals surface area contributed by atoms with Gasteiger partial charge in [0, 0.05) is 19.6 Å². The summed E-state index contributed by atoms with van der Waals surface area (Å²) in [4.78, 5) is 0. The number of hydrogen-bond acceptors (Lipinski definition) is 2. The van der Waals surface area contributed by atoms with E-state index in [-0.39, 0.29) is 5.41 Å². The maximum Gasteiger partial charge on any atom is 0.0692 e. The Bertz CT molecular complexity index is 347. The Kier molecular flexibility index (Phi) is 3.50. The molecule has 0 aromatic carbocycles. The van der Waals surface area contributed by atoms with Crippen molar-refractivity contribution in [3.05, 3.63) is 11.1 Å². The summed E-state index contributed by atoms with van der Waals surface area (Å²) in [6, 6.07) is 0. The van der Waals surface area contributed by atoms with Crippen LogP contribution in [0.1, 0.15) is 57.8 Å². The number of ether oxygens (including phenoxy) is 2. The van der Waals surface area contributed by atoms with Crippen LogP contribution in [0.3, 0.4) is 0 Å². The predicted octanol–water partition coefficient (Wildman–Crippen LogP) is 3.85. The molecular weight excluding hydrogens is 224 g/mol. The normalized spacial score (nSPS) is 40.3. The highest BCUT2D eigenvalue weighted by Crippen LogP contribution is 2.56. The van der Waals surface area contributed by atoms with E-state index in [2.05, 4.69) is 0 Å². The van der Waals surface area contributed by atoms with Crippen LogP contribution in [0.5, 0.6) is 0 Å². The van der Waals surface area contributed by atoms with E-state index >= 15 is 0 Å². The number of fused-ring (bicyclic) bond motifs is 1. The molecule has 3 aliphatic carbocycles. The van der Waals surface area contributed by atoms with Gasteiger partial charge < -0.3 is 9.47 Å². The second-order valence-electron chi connectivity index (χ2n) is 6.21. The first-order valence-electron chi connectivity index (χ1n) is 7.60. The molecule has 102 valence electrons. The van der Waals surface area contributed by atoms with Gasteiger partial charge in [-0.3, -0.25) is 0 Å². The van der Waals surface area contributed by atoms with Gasteiger partial charge in [-0.15, -0.1) is 0 Å².